The van der Waals surface area contributed by atoms with Crippen molar-refractivity contribution in [1.82, 2.24) is 9.80 Å². The van der Waals surface area contributed by atoms with Crippen molar-refractivity contribution in [3.63, 3.8) is 0 Å². The summed E-state index contributed by atoms with van der Waals surface area (Å²) in [5, 5.41) is 11.7. The van der Waals surface area contributed by atoms with E-state index in [1.165, 1.54) is 45.2 Å². The lowest BCUT2D eigenvalue weighted by Crippen LogP contribution is -2.51. The summed E-state index contributed by atoms with van der Waals surface area (Å²) in [5.74, 6) is 0.843. The van der Waals surface area contributed by atoms with Crippen LogP contribution in [0, 0.1) is 5.92 Å². The molecule has 2 aliphatic rings. The van der Waals surface area contributed by atoms with Crippen molar-refractivity contribution in [2.75, 3.05) is 39.9 Å². The van der Waals surface area contributed by atoms with Gasteiger partial charge in [0, 0.05) is 50.8 Å². The van der Waals surface area contributed by atoms with Crippen molar-refractivity contribution in [3.8, 4) is 5.75 Å². The average Bonchev–Trinajstić information content (AvgIpc) is 2.80. The van der Waals surface area contributed by atoms with Gasteiger partial charge in [-0.1, -0.05) is 13.3 Å². The van der Waals surface area contributed by atoms with Crippen LogP contribution in [0.3, 0.4) is 0 Å². The number of aromatic hydroxyl groups is 1. The Bertz CT molecular complexity index is 955. The number of aryl methyl sites for hydroxylation is 1. The molecule has 6 nitrogen and oxygen atoms in total. The Labute approximate surface area is 191 Å². The normalized spacial score (nSPS) is 21.8. The van der Waals surface area contributed by atoms with Gasteiger partial charge in [0.2, 0.25) is 0 Å². The Morgan fingerprint density at radius 2 is 2.06 bits per heavy atom. The van der Waals surface area contributed by atoms with Crippen LogP contribution in [-0.2, 0) is 17.7 Å². The van der Waals surface area contributed by atoms with Crippen molar-refractivity contribution in [1.29, 1.82) is 0 Å². The second kappa shape index (κ2) is 10.8. The number of piperidine rings is 2. The number of fused-ring (bicyclic) bond motifs is 2. The first-order valence-electron chi connectivity index (χ1n) is 12.3. The molecule has 176 valence electrons. The number of methoxy groups -OCH3 is 1. The summed E-state index contributed by atoms with van der Waals surface area (Å²) in [7, 11) is 1.74. The minimum atomic E-state index is -0.350. The molecule has 0 spiro atoms. The second-order valence-electron chi connectivity index (χ2n) is 9.47. The number of benzene rings is 1. The van der Waals surface area contributed by atoms with Gasteiger partial charge in [0.15, 0.2) is 0 Å². The monoisotopic (exact) mass is 442 g/mol. The van der Waals surface area contributed by atoms with Crippen molar-refractivity contribution in [2.24, 2.45) is 5.92 Å². The van der Waals surface area contributed by atoms with Crippen LogP contribution in [0.5, 0.6) is 5.75 Å². The van der Waals surface area contributed by atoms with Crippen molar-refractivity contribution in [2.45, 2.75) is 64.5 Å². The molecule has 32 heavy (non-hydrogen) atoms. The molecule has 2 aliphatic heterocycles. The number of rotatable bonds is 9. The van der Waals surface area contributed by atoms with Crippen LogP contribution in [-0.4, -0.2) is 60.8 Å². The highest BCUT2D eigenvalue weighted by Crippen LogP contribution is 2.33. The van der Waals surface area contributed by atoms with Crippen LogP contribution >= 0.6 is 0 Å². The predicted molar refractivity (Wildman–Crippen MR) is 127 cm³/mol. The summed E-state index contributed by atoms with van der Waals surface area (Å²) in [5.41, 5.74) is 1.88. The van der Waals surface area contributed by atoms with Crippen LogP contribution in [0.2, 0.25) is 0 Å². The Hall–Kier alpha value is -1.89. The van der Waals surface area contributed by atoms with E-state index in [2.05, 4.69) is 9.80 Å². The van der Waals surface area contributed by atoms with Crippen LogP contribution in [0.1, 0.15) is 56.6 Å². The predicted octanol–water partition coefficient (Wildman–Crippen LogP) is 4.16. The van der Waals surface area contributed by atoms with Gasteiger partial charge >= 0.3 is 5.63 Å². The first kappa shape index (κ1) is 23.3. The second-order valence-corrected chi connectivity index (χ2v) is 9.47. The number of hydrogen-bond acceptors (Lipinski definition) is 6. The van der Waals surface area contributed by atoms with E-state index in [9.17, 15) is 9.90 Å². The molecule has 0 radical (unpaired) electrons. The fraction of sp³-hybridized carbons (Fsp3) is 0.654. The minimum Gasteiger partial charge on any atom is -0.507 e. The molecule has 2 fully saturated rings. The Kier molecular flexibility index (Phi) is 7.87. The highest BCUT2D eigenvalue weighted by atomic mass is 16.5. The summed E-state index contributed by atoms with van der Waals surface area (Å²) >= 11 is 0. The molecule has 0 bridgehead atoms. The zero-order valence-corrected chi connectivity index (χ0v) is 19.6. The number of phenolic OH excluding ortho intramolecular Hbond substituents is 1. The van der Waals surface area contributed by atoms with Crippen molar-refractivity contribution in [3.05, 3.63) is 39.7 Å². The van der Waals surface area contributed by atoms with Crippen LogP contribution in [0.25, 0.3) is 11.0 Å². The van der Waals surface area contributed by atoms with Gasteiger partial charge in [-0.25, -0.2) is 4.79 Å². The number of phenols is 1. The third kappa shape index (κ3) is 5.19. The van der Waals surface area contributed by atoms with Gasteiger partial charge in [-0.2, -0.15) is 0 Å². The van der Waals surface area contributed by atoms with E-state index in [1.54, 1.807) is 19.2 Å². The molecule has 6 heteroatoms. The molecule has 4 rings (SSSR count). The Morgan fingerprint density at radius 1 is 1.22 bits per heavy atom. The highest BCUT2D eigenvalue weighted by molar-refractivity contribution is 5.85. The molecule has 3 heterocycles. The summed E-state index contributed by atoms with van der Waals surface area (Å²) in [6.07, 6.45) is 8.17. The summed E-state index contributed by atoms with van der Waals surface area (Å²) in [4.78, 5) is 17.4. The smallest absolute Gasteiger partial charge is 0.336 e. The largest absolute Gasteiger partial charge is 0.507 e. The number of ether oxygens (including phenoxy) is 1. The molecule has 0 saturated carbocycles. The van der Waals surface area contributed by atoms with Gasteiger partial charge in [-0.3, -0.25) is 4.90 Å². The summed E-state index contributed by atoms with van der Waals surface area (Å²) in [6, 6.07) is 5.85. The topological polar surface area (TPSA) is 66.2 Å². The molecule has 2 atom stereocenters. The summed E-state index contributed by atoms with van der Waals surface area (Å²) in [6.45, 7) is 7.69. The van der Waals surface area contributed by atoms with Crippen LogP contribution in [0.15, 0.2) is 27.4 Å². The van der Waals surface area contributed by atoms with Crippen molar-refractivity contribution < 1.29 is 14.3 Å². The van der Waals surface area contributed by atoms with Crippen LogP contribution in [0.4, 0.5) is 0 Å². The number of hydrogen-bond donors (Lipinski definition) is 1. The third-order valence-electron chi connectivity index (χ3n) is 7.38. The average molecular weight is 443 g/mol. The number of nitrogens with zero attached hydrogens (tertiary/aromatic N) is 2. The molecule has 1 aromatic carbocycles. The van der Waals surface area contributed by atoms with E-state index in [-0.39, 0.29) is 11.4 Å². The van der Waals surface area contributed by atoms with Crippen LogP contribution < -0.4 is 5.63 Å². The molecule has 1 N–H and O–H groups in total. The van der Waals surface area contributed by atoms with E-state index < -0.39 is 0 Å². The standard InChI is InChI=1S/C26H38N2O4/c1-3-19-16-25(30)32-26-21(19)10-11-24(29)22(26)18-27(12-7-15-31-2)17-20-8-6-14-28-13-5-4-9-23(20)28/h10-11,16,20,23,29H,3-9,12-15,17-18H2,1-2H3. The maximum atomic E-state index is 12.2. The third-order valence-corrected chi connectivity index (χ3v) is 7.38. The van der Waals surface area contributed by atoms with E-state index in [0.29, 0.717) is 30.7 Å². The highest BCUT2D eigenvalue weighted by Gasteiger charge is 2.34. The van der Waals surface area contributed by atoms with Gasteiger partial charge in [-0.15, -0.1) is 0 Å². The van der Waals surface area contributed by atoms with Gasteiger partial charge in [0.25, 0.3) is 0 Å². The van der Waals surface area contributed by atoms with E-state index in [0.717, 1.165) is 42.4 Å². The van der Waals surface area contributed by atoms with Gasteiger partial charge in [0.1, 0.15) is 11.3 Å². The molecule has 0 amide bonds. The maximum Gasteiger partial charge on any atom is 0.336 e. The van der Waals surface area contributed by atoms with E-state index >= 15 is 0 Å². The molecule has 2 aromatic rings. The minimum absolute atomic E-state index is 0.202. The molecule has 0 aliphatic carbocycles. The zero-order valence-electron chi connectivity index (χ0n) is 19.6. The quantitative estimate of drug-likeness (QED) is 0.465. The van der Waals surface area contributed by atoms with E-state index in [1.807, 2.05) is 13.0 Å². The Balaban J connectivity index is 1.61. The molecular formula is C26H38N2O4. The molecule has 1 aromatic heterocycles. The Morgan fingerprint density at radius 3 is 2.88 bits per heavy atom. The van der Waals surface area contributed by atoms with Crippen molar-refractivity contribution >= 4 is 11.0 Å². The first-order chi connectivity index (χ1) is 15.6. The van der Waals surface area contributed by atoms with Gasteiger partial charge < -0.3 is 19.2 Å². The summed E-state index contributed by atoms with van der Waals surface area (Å²) < 4.78 is 11.0. The lowest BCUT2D eigenvalue weighted by Gasteiger charge is -2.45. The fourth-order valence-electron chi connectivity index (χ4n) is 5.80. The zero-order chi connectivity index (χ0) is 22.5. The lowest BCUT2D eigenvalue weighted by atomic mass is 9.83. The molecular weight excluding hydrogens is 404 g/mol. The van der Waals surface area contributed by atoms with E-state index in [4.69, 9.17) is 9.15 Å². The van der Waals surface area contributed by atoms with Gasteiger partial charge in [0.05, 0.1) is 5.56 Å². The SMILES string of the molecule is CCc1cc(=O)oc2c(CN(CCCOC)CC3CCCN4CCCCC34)c(O)ccc12. The van der Waals surface area contributed by atoms with Gasteiger partial charge in [-0.05, 0) is 75.2 Å². The maximum absolute atomic E-state index is 12.2. The molecule has 2 unspecified atom stereocenters. The lowest BCUT2D eigenvalue weighted by molar-refractivity contribution is 0.0372. The first-order valence-corrected chi connectivity index (χ1v) is 12.3. The fourth-order valence-corrected chi connectivity index (χ4v) is 5.80. The molecule has 2 saturated heterocycles.